The SMILES string of the molecule is CCCC(CCC)C[C@H]1COC(C)(C)O1.O=S(=O)(O)C1CC1. The highest BCUT2D eigenvalue weighted by molar-refractivity contribution is 7.86. The van der Waals surface area contributed by atoms with E-state index in [9.17, 15) is 8.42 Å². The van der Waals surface area contributed by atoms with Gasteiger partial charge >= 0.3 is 0 Å². The molecule has 1 aliphatic heterocycles. The third-order valence-corrected chi connectivity index (χ3v) is 5.32. The predicted octanol–water partition coefficient (Wildman–Crippen LogP) is 3.78. The van der Waals surface area contributed by atoms with Crippen molar-refractivity contribution < 1.29 is 22.4 Å². The van der Waals surface area contributed by atoms with Crippen LogP contribution in [0.4, 0.5) is 0 Å². The Morgan fingerprint density at radius 2 is 1.73 bits per heavy atom. The average molecular weight is 336 g/mol. The van der Waals surface area contributed by atoms with Crippen molar-refractivity contribution in [2.24, 2.45) is 5.92 Å². The fourth-order valence-corrected chi connectivity index (χ4v) is 3.55. The van der Waals surface area contributed by atoms with E-state index >= 15 is 0 Å². The van der Waals surface area contributed by atoms with E-state index in [1.54, 1.807) is 0 Å². The molecule has 1 aliphatic carbocycles. The lowest BCUT2D eigenvalue weighted by Gasteiger charge is -2.21. The lowest BCUT2D eigenvalue weighted by Crippen LogP contribution is -2.22. The Morgan fingerprint density at radius 1 is 1.18 bits per heavy atom. The summed E-state index contributed by atoms with van der Waals surface area (Å²) in [6, 6.07) is 0. The Kier molecular flexibility index (Phi) is 7.79. The largest absolute Gasteiger partial charge is 0.348 e. The molecular formula is C16H32O5S. The molecule has 0 unspecified atom stereocenters. The lowest BCUT2D eigenvalue weighted by atomic mass is 9.92. The lowest BCUT2D eigenvalue weighted by molar-refractivity contribution is -0.140. The molecular weight excluding hydrogens is 304 g/mol. The van der Waals surface area contributed by atoms with Crippen molar-refractivity contribution in [3.8, 4) is 0 Å². The summed E-state index contributed by atoms with van der Waals surface area (Å²) in [7, 11) is -3.63. The molecule has 1 atom stereocenters. The van der Waals surface area contributed by atoms with E-state index in [-0.39, 0.29) is 5.79 Å². The molecule has 2 fully saturated rings. The highest BCUT2D eigenvalue weighted by Gasteiger charge is 2.34. The molecule has 0 spiro atoms. The van der Waals surface area contributed by atoms with Crippen molar-refractivity contribution >= 4 is 10.1 Å². The van der Waals surface area contributed by atoms with Gasteiger partial charge in [-0.15, -0.1) is 0 Å². The second kappa shape index (κ2) is 8.62. The molecule has 0 aromatic rings. The molecule has 2 rings (SSSR count). The van der Waals surface area contributed by atoms with Gasteiger partial charge in [0.1, 0.15) is 0 Å². The van der Waals surface area contributed by atoms with Gasteiger partial charge in [0.25, 0.3) is 10.1 Å². The molecule has 1 saturated carbocycles. The third kappa shape index (κ3) is 7.90. The molecule has 0 radical (unpaired) electrons. The molecule has 6 heteroatoms. The number of ether oxygens (including phenoxy) is 2. The Hall–Kier alpha value is -0.170. The summed E-state index contributed by atoms with van der Waals surface area (Å²) in [4.78, 5) is 0. The minimum absolute atomic E-state index is 0.322. The molecule has 5 nitrogen and oxygen atoms in total. The summed E-state index contributed by atoms with van der Waals surface area (Å²) >= 11 is 0. The highest BCUT2D eigenvalue weighted by atomic mass is 32.2. The normalized spacial score (nSPS) is 24.2. The molecule has 22 heavy (non-hydrogen) atoms. The molecule has 0 bridgehead atoms. The fraction of sp³-hybridized carbons (Fsp3) is 1.00. The predicted molar refractivity (Wildman–Crippen MR) is 87.4 cm³/mol. The van der Waals surface area contributed by atoms with Crippen LogP contribution in [0.25, 0.3) is 0 Å². The Bertz CT molecular complexity index is 408. The number of hydrogen-bond donors (Lipinski definition) is 1. The van der Waals surface area contributed by atoms with E-state index in [0.717, 1.165) is 12.5 Å². The van der Waals surface area contributed by atoms with Crippen LogP contribution in [-0.4, -0.2) is 36.7 Å². The minimum atomic E-state index is -3.63. The van der Waals surface area contributed by atoms with Crippen molar-refractivity contribution in [1.82, 2.24) is 0 Å². The van der Waals surface area contributed by atoms with Gasteiger partial charge in [-0.3, -0.25) is 4.55 Å². The van der Waals surface area contributed by atoms with Crippen LogP contribution in [0.5, 0.6) is 0 Å². The first-order valence-electron chi connectivity index (χ1n) is 8.46. The van der Waals surface area contributed by atoms with Crippen LogP contribution in [0.15, 0.2) is 0 Å². The fourth-order valence-electron chi connectivity index (χ4n) is 2.81. The van der Waals surface area contributed by atoms with Crippen molar-refractivity contribution in [3.63, 3.8) is 0 Å². The van der Waals surface area contributed by atoms with Crippen LogP contribution in [0.3, 0.4) is 0 Å². The second-order valence-corrected chi connectivity index (χ2v) is 8.54. The zero-order valence-corrected chi connectivity index (χ0v) is 15.2. The molecule has 0 aromatic heterocycles. The monoisotopic (exact) mass is 336 g/mol. The molecule has 1 saturated heterocycles. The van der Waals surface area contributed by atoms with Crippen LogP contribution < -0.4 is 0 Å². The zero-order chi connectivity index (χ0) is 16.8. The van der Waals surface area contributed by atoms with Crippen molar-refractivity contribution in [3.05, 3.63) is 0 Å². The molecule has 0 amide bonds. The van der Waals surface area contributed by atoms with E-state index < -0.39 is 15.4 Å². The molecule has 1 heterocycles. The highest BCUT2D eigenvalue weighted by Crippen LogP contribution is 2.29. The summed E-state index contributed by atoms with van der Waals surface area (Å²) in [5, 5.41) is -0.424. The van der Waals surface area contributed by atoms with Gasteiger partial charge in [-0.1, -0.05) is 39.5 Å². The first kappa shape index (κ1) is 19.9. The standard InChI is InChI=1S/C13H26O2.C3H6O3S/c1-5-7-11(8-6-2)9-12-10-14-13(3,4)15-12;4-7(5,6)3-1-2-3/h11-12H,5-10H2,1-4H3;3H,1-2H2,(H,4,5,6)/t12-;/m0./s1. The van der Waals surface area contributed by atoms with Crippen LogP contribution >= 0.6 is 0 Å². The van der Waals surface area contributed by atoms with Gasteiger partial charge in [0.15, 0.2) is 5.79 Å². The molecule has 1 N–H and O–H groups in total. The van der Waals surface area contributed by atoms with Crippen molar-refractivity contribution in [2.75, 3.05) is 6.61 Å². The number of hydrogen-bond acceptors (Lipinski definition) is 4. The number of rotatable bonds is 7. The van der Waals surface area contributed by atoms with Crippen molar-refractivity contribution in [1.29, 1.82) is 0 Å². The maximum Gasteiger partial charge on any atom is 0.267 e. The van der Waals surface area contributed by atoms with Crippen LogP contribution in [0, 0.1) is 5.92 Å². The Balaban J connectivity index is 0.000000287. The van der Waals surface area contributed by atoms with Crippen LogP contribution in [0.1, 0.15) is 72.6 Å². The summed E-state index contributed by atoms with van der Waals surface area (Å²) in [6.07, 6.45) is 7.98. The Labute approximate surface area is 135 Å². The first-order valence-corrected chi connectivity index (χ1v) is 9.96. The smallest absolute Gasteiger partial charge is 0.267 e. The summed E-state index contributed by atoms with van der Waals surface area (Å²) in [5.74, 6) is 0.468. The zero-order valence-electron chi connectivity index (χ0n) is 14.4. The van der Waals surface area contributed by atoms with E-state index in [2.05, 4.69) is 13.8 Å². The van der Waals surface area contributed by atoms with Gasteiger partial charge in [-0.2, -0.15) is 8.42 Å². The summed E-state index contributed by atoms with van der Waals surface area (Å²) < 4.78 is 39.5. The molecule has 132 valence electrons. The topological polar surface area (TPSA) is 72.8 Å². The second-order valence-electron chi connectivity index (χ2n) is 6.84. The van der Waals surface area contributed by atoms with Gasteiger partial charge < -0.3 is 9.47 Å². The minimum Gasteiger partial charge on any atom is -0.348 e. The van der Waals surface area contributed by atoms with Gasteiger partial charge in [-0.05, 0) is 39.0 Å². The average Bonchev–Trinajstić information content (AvgIpc) is 3.17. The summed E-state index contributed by atoms with van der Waals surface area (Å²) in [5.41, 5.74) is 0. The van der Waals surface area contributed by atoms with Gasteiger partial charge in [0, 0.05) is 0 Å². The molecule has 0 aromatic carbocycles. The van der Waals surface area contributed by atoms with E-state index in [1.165, 1.54) is 32.1 Å². The quantitative estimate of drug-likeness (QED) is 0.716. The van der Waals surface area contributed by atoms with Crippen LogP contribution in [-0.2, 0) is 19.6 Å². The maximum absolute atomic E-state index is 9.95. The first-order chi connectivity index (χ1) is 10.2. The van der Waals surface area contributed by atoms with E-state index in [4.69, 9.17) is 14.0 Å². The third-order valence-electron chi connectivity index (χ3n) is 4.00. The molecule has 2 aliphatic rings. The van der Waals surface area contributed by atoms with Crippen LogP contribution in [0.2, 0.25) is 0 Å². The van der Waals surface area contributed by atoms with Gasteiger partial charge in [-0.25, -0.2) is 0 Å². The maximum atomic E-state index is 9.95. The summed E-state index contributed by atoms with van der Waals surface area (Å²) in [6.45, 7) is 9.30. The Morgan fingerprint density at radius 3 is 2.00 bits per heavy atom. The van der Waals surface area contributed by atoms with Gasteiger partial charge in [0.2, 0.25) is 0 Å². The van der Waals surface area contributed by atoms with Gasteiger partial charge in [0.05, 0.1) is 18.0 Å². The van der Waals surface area contributed by atoms with E-state index in [1.807, 2.05) is 13.8 Å². The van der Waals surface area contributed by atoms with E-state index in [0.29, 0.717) is 18.9 Å². The van der Waals surface area contributed by atoms with Crippen molar-refractivity contribution in [2.45, 2.75) is 89.8 Å².